The normalized spacial score (nSPS) is 11.7. The van der Waals surface area contributed by atoms with Crippen LogP contribution in [0.5, 0.6) is 0 Å². The summed E-state index contributed by atoms with van der Waals surface area (Å²) in [6, 6.07) is 7.22. The van der Waals surface area contributed by atoms with Gasteiger partial charge in [-0.2, -0.15) is 5.10 Å². The van der Waals surface area contributed by atoms with Crippen molar-refractivity contribution < 1.29 is 4.79 Å². The van der Waals surface area contributed by atoms with Gasteiger partial charge in [0, 0.05) is 44.5 Å². The van der Waals surface area contributed by atoms with Gasteiger partial charge in [0.25, 0.3) is 0 Å². The van der Waals surface area contributed by atoms with E-state index in [1.165, 1.54) is 5.56 Å². The summed E-state index contributed by atoms with van der Waals surface area (Å²) in [7, 11) is 3.97. The Hall–Kier alpha value is -2.83. The molecule has 0 aliphatic rings. The zero-order chi connectivity index (χ0) is 20.0. The summed E-state index contributed by atoms with van der Waals surface area (Å²) in [5.41, 5.74) is 9.12. The van der Waals surface area contributed by atoms with E-state index in [4.69, 9.17) is 10.7 Å². The maximum atomic E-state index is 11.2. The third kappa shape index (κ3) is 5.57. The van der Waals surface area contributed by atoms with Crippen molar-refractivity contribution in [2.24, 2.45) is 17.8 Å². The molecule has 0 bridgehead atoms. The molecule has 0 aliphatic heterocycles. The molecule has 1 aromatic carbocycles. The fourth-order valence-corrected chi connectivity index (χ4v) is 2.90. The fourth-order valence-electron chi connectivity index (χ4n) is 2.90. The molecule has 0 saturated heterocycles. The molecule has 0 atom stereocenters. The van der Waals surface area contributed by atoms with E-state index < -0.39 is 5.91 Å². The summed E-state index contributed by atoms with van der Waals surface area (Å²) in [5.74, 6) is 0.781. The topological polar surface area (TPSA) is 88.5 Å². The molecule has 0 unspecified atom stereocenters. The molecule has 7 nitrogen and oxygen atoms in total. The van der Waals surface area contributed by atoms with E-state index in [1.807, 2.05) is 30.9 Å². The highest BCUT2D eigenvalue weighted by molar-refractivity contribution is 5.92. The summed E-state index contributed by atoms with van der Waals surface area (Å²) >= 11 is 0. The van der Waals surface area contributed by atoms with Crippen molar-refractivity contribution in [2.75, 3.05) is 13.6 Å². The standard InChI is InChI=1S/C20H30N6O/c1-6-22-20(23-11-15-7-9-16(10-8-15)19(21)27)25(4)12-17-13-26(5)24-18(17)14(2)3/h7-10,13-14H,6,11-12H2,1-5H3,(H2,21,27)(H,22,23). The minimum atomic E-state index is -0.421. The second-order valence-electron chi connectivity index (χ2n) is 6.96. The van der Waals surface area contributed by atoms with Crippen molar-refractivity contribution in [1.82, 2.24) is 20.0 Å². The molecule has 2 rings (SSSR count). The lowest BCUT2D eigenvalue weighted by atomic mass is 10.1. The van der Waals surface area contributed by atoms with Crippen LogP contribution >= 0.6 is 0 Å². The molecule has 3 N–H and O–H groups in total. The first-order valence-electron chi connectivity index (χ1n) is 9.22. The lowest BCUT2D eigenvalue weighted by Crippen LogP contribution is -2.38. The van der Waals surface area contributed by atoms with E-state index in [0.717, 1.165) is 30.3 Å². The van der Waals surface area contributed by atoms with Gasteiger partial charge in [-0.25, -0.2) is 4.99 Å². The van der Waals surface area contributed by atoms with Crippen LogP contribution in [0.15, 0.2) is 35.5 Å². The largest absolute Gasteiger partial charge is 0.366 e. The average Bonchev–Trinajstić information content (AvgIpc) is 2.99. The van der Waals surface area contributed by atoms with E-state index in [0.29, 0.717) is 18.0 Å². The molecule has 1 amide bonds. The smallest absolute Gasteiger partial charge is 0.248 e. The Kier molecular flexibility index (Phi) is 6.98. The zero-order valence-corrected chi connectivity index (χ0v) is 16.9. The zero-order valence-electron chi connectivity index (χ0n) is 16.9. The Morgan fingerprint density at radius 3 is 2.56 bits per heavy atom. The number of primary amides is 1. The van der Waals surface area contributed by atoms with Crippen LogP contribution < -0.4 is 11.1 Å². The number of carbonyl (C=O) groups is 1. The Morgan fingerprint density at radius 1 is 1.33 bits per heavy atom. The second-order valence-corrected chi connectivity index (χ2v) is 6.96. The van der Waals surface area contributed by atoms with E-state index in [2.05, 4.69) is 42.3 Å². The monoisotopic (exact) mass is 370 g/mol. The van der Waals surface area contributed by atoms with Gasteiger partial charge < -0.3 is 16.0 Å². The number of hydrogen-bond acceptors (Lipinski definition) is 3. The van der Waals surface area contributed by atoms with Crippen molar-refractivity contribution >= 4 is 11.9 Å². The van der Waals surface area contributed by atoms with Crippen molar-refractivity contribution in [3.63, 3.8) is 0 Å². The number of benzene rings is 1. The van der Waals surface area contributed by atoms with Crippen molar-refractivity contribution in [3.8, 4) is 0 Å². The predicted octanol–water partition coefficient (Wildman–Crippen LogP) is 2.24. The van der Waals surface area contributed by atoms with Crippen LogP contribution in [-0.4, -0.2) is 40.1 Å². The van der Waals surface area contributed by atoms with Crippen molar-refractivity contribution in [2.45, 2.75) is 39.8 Å². The number of nitrogens with one attached hydrogen (secondary N) is 1. The van der Waals surface area contributed by atoms with Crippen LogP contribution in [0.3, 0.4) is 0 Å². The Balaban J connectivity index is 2.13. The van der Waals surface area contributed by atoms with Crippen molar-refractivity contribution in [1.29, 1.82) is 0 Å². The average molecular weight is 371 g/mol. The Morgan fingerprint density at radius 2 is 2.00 bits per heavy atom. The molecule has 2 aromatic rings. The molecule has 27 heavy (non-hydrogen) atoms. The molecule has 0 fully saturated rings. The molecular formula is C20H30N6O. The third-order valence-electron chi connectivity index (χ3n) is 4.24. The maximum absolute atomic E-state index is 11.2. The summed E-state index contributed by atoms with van der Waals surface area (Å²) in [6.07, 6.45) is 2.07. The number of nitrogens with two attached hydrogens (primary N) is 1. The molecule has 0 radical (unpaired) electrons. The Labute approximate surface area is 161 Å². The van der Waals surface area contributed by atoms with Gasteiger partial charge in [-0.1, -0.05) is 26.0 Å². The minimum Gasteiger partial charge on any atom is -0.366 e. The van der Waals surface area contributed by atoms with Gasteiger partial charge >= 0.3 is 0 Å². The number of guanidine groups is 1. The van der Waals surface area contributed by atoms with Gasteiger partial charge in [0.2, 0.25) is 5.91 Å². The number of carbonyl (C=O) groups excluding carboxylic acids is 1. The highest BCUT2D eigenvalue weighted by Gasteiger charge is 2.15. The summed E-state index contributed by atoms with van der Waals surface area (Å²) in [6.45, 7) is 8.40. The molecule has 1 aromatic heterocycles. The van der Waals surface area contributed by atoms with E-state index in [1.54, 1.807) is 12.1 Å². The van der Waals surface area contributed by atoms with Crippen LogP contribution in [-0.2, 0) is 20.1 Å². The van der Waals surface area contributed by atoms with Gasteiger partial charge in [-0.15, -0.1) is 0 Å². The predicted molar refractivity (Wildman–Crippen MR) is 109 cm³/mol. The summed E-state index contributed by atoms with van der Waals surface area (Å²) in [4.78, 5) is 18.0. The minimum absolute atomic E-state index is 0.373. The fraction of sp³-hybridized carbons (Fsp3) is 0.450. The van der Waals surface area contributed by atoms with Crippen LogP contribution in [0.1, 0.15) is 53.9 Å². The number of aryl methyl sites for hydroxylation is 1. The van der Waals surface area contributed by atoms with E-state index in [-0.39, 0.29) is 0 Å². The van der Waals surface area contributed by atoms with Gasteiger partial charge in [0.1, 0.15) is 0 Å². The van der Waals surface area contributed by atoms with Crippen LogP contribution in [0.25, 0.3) is 0 Å². The lowest BCUT2D eigenvalue weighted by Gasteiger charge is -2.22. The van der Waals surface area contributed by atoms with Gasteiger partial charge in [-0.3, -0.25) is 9.48 Å². The van der Waals surface area contributed by atoms with Crippen LogP contribution in [0.2, 0.25) is 0 Å². The van der Waals surface area contributed by atoms with Gasteiger partial charge in [0.15, 0.2) is 5.96 Å². The van der Waals surface area contributed by atoms with Gasteiger partial charge in [-0.05, 0) is 30.5 Å². The van der Waals surface area contributed by atoms with Crippen LogP contribution in [0.4, 0.5) is 0 Å². The third-order valence-corrected chi connectivity index (χ3v) is 4.24. The number of aliphatic imine (C=N–C) groups is 1. The van der Waals surface area contributed by atoms with E-state index in [9.17, 15) is 4.79 Å². The van der Waals surface area contributed by atoms with E-state index >= 15 is 0 Å². The highest BCUT2D eigenvalue weighted by Crippen LogP contribution is 2.18. The quantitative estimate of drug-likeness (QED) is 0.578. The number of rotatable bonds is 7. The number of aromatic nitrogens is 2. The SMILES string of the molecule is CCNC(=NCc1ccc(C(N)=O)cc1)N(C)Cc1cn(C)nc1C(C)C. The maximum Gasteiger partial charge on any atom is 0.248 e. The molecule has 146 valence electrons. The second kappa shape index (κ2) is 9.21. The Bertz CT molecular complexity index is 791. The molecule has 0 spiro atoms. The lowest BCUT2D eigenvalue weighted by molar-refractivity contribution is 0.100. The summed E-state index contributed by atoms with van der Waals surface area (Å²) < 4.78 is 1.86. The first-order chi connectivity index (χ1) is 12.8. The van der Waals surface area contributed by atoms with Crippen molar-refractivity contribution in [3.05, 3.63) is 52.8 Å². The number of nitrogens with zero attached hydrogens (tertiary/aromatic N) is 4. The summed E-state index contributed by atoms with van der Waals surface area (Å²) in [5, 5.41) is 7.91. The molecule has 7 heteroatoms. The molecule has 0 aliphatic carbocycles. The number of hydrogen-bond donors (Lipinski definition) is 2. The number of amides is 1. The van der Waals surface area contributed by atoms with Crippen LogP contribution in [0, 0.1) is 0 Å². The molecule has 1 heterocycles. The molecular weight excluding hydrogens is 340 g/mol. The highest BCUT2D eigenvalue weighted by atomic mass is 16.1. The first-order valence-corrected chi connectivity index (χ1v) is 9.22. The van der Waals surface area contributed by atoms with Gasteiger partial charge in [0.05, 0.1) is 12.2 Å². The first kappa shape index (κ1) is 20.5. The molecule has 0 saturated carbocycles.